The number of carbonyl (C=O) groups excluding carboxylic acids is 1. The van der Waals surface area contributed by atoms with Gasteiger partial charge in [0.2, 0.25) is 0 Å². The van der Waals surface area contributed by atoms with Crippen LogP contribution in [0, 0.1) is 5.82 Å². The van der Waals surface area contributed by atoms with Crippen LogP contribution in [0.3, 0.4) is 0 Å². The molecular weight excluding hydrogens is 159 g/mol. The largest absolute Gasteiger partial charge is 0.504 e. The summed E-state index contributed by atoms with van der Waals surface area (Å²) >= 11 is 0. The first kappa shape index (κ1) is 8.46. The molecular formula is C9H7FO2. The SMILES string of the molecule is O=CC=Cc1cccc(F)c1O. The fraction of sp³-hybridized carbons (Fsp3) is 0. The molecule has 1 aromatic carbocycles. The van der Waals surface area contributed by atoms with Crippen molar-refractivity contribution in [2.45, 2.75) is 0 Å². The monoisotopic (exact) mass is 166 g/mol. The Hall–Kier alpha value is -1.64. The van der Waals surface area contributed by atoms with Crippen molar-refractivity contribution in [2.75, 3.05) is 0 Å². The van der Waals surface area contributed by atoms with E-state index in [-0.39, 0.29) is 0 Å². The lowest BCUT2D eigenvalue weighted by Crippen LogP contribution is -1.79. The Labute approximate surface area is 69.0 Å². The molecule has 1 rings (SSSR count). The van der Waals surface area contributed by atoms with Crippen molar-refractivity contribution in [1.82, 2.24) is 0 Å². The topological polar surface area (TPSA) is 37.3 Å². The first-order valence-electron chi connectivity index (χ1n) is 3.35. The molecule has 12 heavy (non-hydrogen) atoms. The van der Waals surface area contributed by atoms with Crippen molar-refractivity contribution in [3.63, 3.8) is 0 Å². The maximum absolute atomic E-state index is 12.6. The molecule has 1 N–H and O–H groups in total. The van der Waals surface area contributed by atoms with E-state index in [1.165, 1.54) is 24.3 Å². The Morgan fingerprint density at radius 2 is 2.17 bits per heavy atom. The highest BCUT2D eigenvalue weighted by Crippen LogP contribution is 2.21. The van der Waals surface area contributed by atoms with E-state index in [0.29, 0.717) is 11.8 Å². The molecule has 62 valence electrons. The number of para-hydroxylation sites is 1. The number of benzene rings is 1. The molecule has 0 saturated carbocycles. The van der Waals surface area contributed by atoms with E-state index in [1.807, 2.05) is 0 Å². The second-order valence-electron chi connectivity index (χ2n) is 2.17. The van der Waals surface area contributed by atoms with Crippen LogP contribution in [0.5, 0.6) is 5.75 Å². The molecule has 0 heterocycles. The van der Waals surface area contributed by atoms with Crippen molar-refractivity contribution >= 4 is 12.4 Å². The lowest BCUT2D eigenvalue weighted by molar-refractivity contribution is -0.104. The van der Waals surface area contributed by atoms with Crippen molar-refractivity contribution < 1.29 is 14.3 Å². The summed E-state index contributed by atoms with van der Waals surface area (Å²) in [5, 5.41) is 9.08. The van der Waals surface area contributed by atoms with Crippen LogP contribution in [0.4, 0.5) is 4.39 Å². The van der Waals surface area contributed by atoms with Crippen LogP contribution in [0.25, 0.3) is 6.08 Å². The molecule has 0 saturated heterocycles. The van der Waals surface area contributed by atoms with Gasteiger partial charge in [-0.25, -0.2) is 4.39 Å². The van der Waals surface area contributed by atoms with Gasteiger partial charge in [0, 0.05) is 5.56 Å². The van der Waals surface area contributed by atoms with E-state index in [0.717, 1.165) is 6.07 Å². The Balaban J connectivity index is 3.07. The second kappa shape index (κ2) is 3.67. The highest BCUT2D eigenvalue weighted by atomic mass is 19.1. The number of carbonyl (C=O) groups is 1. The minimum absolute atomic E-state index is 0.294. The third-order valence-corrected chi connectivity index (χ3v) is 1.37. The van der Waals surface area contributed by atoms with Crippen molar-refractivity contribution in [3.05, 3.63) is 35.7 Å². The van der Waals surface area contributed by atoms with Crippen molar-refractivity contribution in [1.29, 1.82) is 0 Å². The molecule has 3 heteroatoms. The number of aldehydes is 1. The van der Waals surface area contributed by atoms with Gasteiger partial charge in [-0.1, -0.05) is 12.1 Å². The molecule has 0 amide bonds. The van der Waals surface area contributed by atoms with Gasteiger partial charge >= 0.3 is 0 Å². The van der Waals surface area contributed by atoms with Gasteiger partial charge in [0.25, 0.3) is 0 Å². The van der Waals surface area contributed by atoms with E-state index in [9.17, 15) is 9.18 Å². The summed E-state index contributed by atoms with van der Waals surface area (Å²) in [5.74, 6) is -1.13. The van der Waals surface area contributed by atoms with E-state index in [2.05, 4.69) is 0 Å². The zero-order valence-corrected chi connectivity index (χ0v) is 6.20. The number of rotatable bonds is 2. The van der Waals surface area contributed by atoms with Gasteiger partial charge in [-0.2, -0.15) is 0 Å². The van der Waals surface area contributed by atoms with Gasteiger partial charge in [-0.3, -0.25) is 4.79 Å². The third kappa shape index (κ3) is 1.69. The van der Waals surface area contributed by atoms with Gasteiger partial charge in [-0.05, 0) is 18.2 Å². The van der Waals surface area contributed by atoms with Gasteiger partial charge in [-0.15, -0.1) is 0 Å². The highest BCUT2D eigenvalue weighted by Gasteiger charge is 2.01. The maximum atomic E-state index is 12.6. The zero-order valence-electron chi connectivity index (χ0n) is 6.20. The molecule has 0 spiro atoms. The van der Waals surface area contributed by atoms with Crippen molar-refractivity contribution in [3.8, 4) is 5.75 Å². The molecule has 0 aromatic heterocycles. The van der Waals surface area contributed by atoms with Gasteiger partial charge in [0.1, 0.15) is 6.29 Å². The summed E-state index contributed by atoms with van der Waals surface area (Å²) in [4.78, 5) is 9.91. The summed E-state index contributed by atoms with van der Waals surface area (Å²) < 4.78 is 12.6. The third-order valence-electron chi connectivity index (χ3n) is 1.37. The lowest BCUT2D eigenvalue weighted by atomic mass is 10.2. The van der Waals surface area contributed by atoms with Crippen LogP contribution in [0.1, 0.15) is 5.56 Å². The number of hydrogen-bond acceptors (Lipinski definition) is 2. The van der Waals surface area contributed by atoms with Crippen LogP contribution < -0.4 is 0 Å². The number of phenols is 1. The zero-order chi connectivity index (χ0) is 8.97. The molecule has 0 bridgehead atoms. The number of hydrogen-bond donors (Lipinski definition) is 1. The van der Waals surface area contributed by atoms with E-state index in [4.69, 9.17) is 5.11 Å². The predicted molar refractivity (Wildman–Crippen MR) is 43.2 cm³/mol. The maximum Gasteiger partial charge on any atom is 0.165 e. The Morgan fingerprint density at radius 1 is 1.42 bits per heavy atom. The van der Waals surface area contributed by atoms with Crippen LogP contribution in [0.2, 0.25) is 0 Å². The van der Waals surface area contributed by atoms with Gasteiger partial charge in [0.05, 0.1) is 0 Å². The van der Waals surface area contributed by atoms with E-state index in [1.54, 1.807) is 0 Å². The first-order chi connectivity index (χ1) is 5.75. The summed E-state index contributed by atoms with van der Waals surface area (Å²) in [7, 11) is 0. The molecule has 0 aliphatic rings. The molecule has 0 aliphatic heterocycles. The Kier molecular flexibility index (Phi) is 2.58. The Bertz CT molecular complexity index is 318. The highest BCUT2D eigenvalue weighted by molar-refractivity contribution is 5.75. The minimum atomic E-state index is -0.692. The summed E-state index contributed by atoms with van der Waals surface area (Å²) in [6.07, 6.45) is 3.09. The summed E-state index contributed by atoms with van der Waals surface area (Å²) in [6, 6.07) is 4.12. The van der Waals surface area contributed by atoms with Gasteiger partial charge < -0.3 is 5.11 Å². The standard InChI is InChI=1S/C9H7FO2/c10-8-5-1-3-7(9(8)12)4-2-6-11/h1-6,12H. The molecule has 1 aromatic rings. The average molecular weight is 166 g/mol. The molecule has 0 radical (unpaired) electrons. The van der Waals surface area contributed by atoms with E-state index >= 15 is 0 Å². The van der Waals surface area contributed by atoms with Crippen LogP contribution in [-0.2, 0) is 4.79 Å². The van der Waals surface area contributed by atoms with Crippen LogP contribution >= 0.6 is 0 Å². The summed E-state index contributed by atoms with van der Waals surface area (Å²) in [5.41, 5.74) is 0.294. The minimum Gasteiger partial charge on any atom is -0.504 e. The first-order valence-corrected chi connectivity index (χ1v) is 3.35. The predicted octanol–water partition coefficient (Wildman–Crippen LogP) is 1.74. The molecule has 0 unspecified atom stereocenters. The molecule has 2 nitrogen and oxygen atoms in total. The molecule has 0 aliphatic carbocycles. The smallest absolute Gasteiger partial charge is 0.165 e. The number of allylic oxidation sites excluding steroid dienone is 1. The lowest BCUT2D eigenvalue weighted by Gasteiger charge is -1.97. The van der Waals surface area contributed by atoms with Crippen molar-refractivity contribution in [2.24, 2.45) is 0 Å². The molecule has 0 atom stereocenters. The molecule has 0 fully saturated rings. The second-order valence-corrected chi connectivity index (χ2v) is 2.17. The normalized spacial score (nSPS) is 10.4. The number of aromatic hydroxyl groups is 1. The number of halogens is 1. The van der Waals surface area contributed by atoms with Gasteiger partial charge in [0.15, 0.2) is 11.6 Å². The van der Waals surface area contributed by atoms with Crippen LogP contribution in [0.15, 0.2) is 24.3 Å². The van der Waals surface area contributed by atoms with E-state index < -0.39 is 11.6 Å². The van der Waals surface area contributed by atoms with Crippen LogP contribution in [-0.4, -0.2) is 11.4 Å². The average Bonchev–Trinajstić information content (AvgIpc) is 2.08. The quantitative estimate of drug-likeness (QED) is 0.536. The fourth-order valence-electron chi connectivity index (χ4n) is 0.809. The summed E-state index contributed by atoms with van der Waals surface area (Å²) in [6.45, 7) is 0. The number of phenolic OH excluding ortho intramolecular Hbond substituents is 1. The fourth-order valence-corrected chi connectivity index (χ4v) is 0.809. The Morgan fingerprint density at radius 3 is 2.83 bits per heavy atom.